The van der Waals surface area contributed by atoms with Crippen LogP contribution in [0.5, 0.6) is 0 Å². The number of oxazole rings is 1. The molecule has 0 aliphatic carbocycles. The molecule has 1 aromatic heterocycles. The highest BCUT2D eigenvalue weighted by atomic mass is 16.3. The summed E-state index contributed by atoms with van der Waals surface area (Å²) >= 11 is 0. The van der Waals surface area contributed by atoms with E-state index in [1.54, 1.807) is 48.2 Å². The third kappa shape index (κ3) is 3.43. The summed E-state index contributed by atoms with van der Waals surface area (Å²) in [6.45, 7) is 6.27. The quantitative estimate of drug-likeness (QED) is 0.666. The van der Waals surface area contributed by atoms with Crippen LogP contribution in [0, 0.1) is 18.3 Å². The van der Waals surface area contributed by atoms with Crippen LogP contribution in [0.4, 0.5) is 0 Å². The maximum absolute atomic E-state index is 13.0. The van der Waals surface area contributed by atoms with Crippen LogP contribution in [0.2, 0.25) is 0 Å². The Bertz CT molecular complexity index is 982. The predicted octanol–water partition coefficient (Wildman–Crippen LogP) is 3.84. The minimum atomic E-state index is -0.152. The first-order valence-electron chi connectivity index (χ1n) is 7.87. The number of rotatable bonds is 5. The monoisotopic (exact) mass is 331 g/mol. The van der Waals surface area contributed by atoms with Crippen LogP contribution in [0.25, 0.3) is 11.1 Å². The van der Waals surface area contributed by atoms with E-state index < -0.39 is 0 Å². The molecule has 0 N–H and O–H groups in total. The molecular weight excluding hydrogens is 314 g/mol. The molecular formula is C20H17N3O2. The molecule has 0 fully saturated rings. The van der Waals surface area contributed by atoms with E-state index in [2.05, 4.69) is 17.6 Å². The lowest BCUT2D eigenvalue weighted by Gasteiger charge is -2.21. The van der Waals surface area contributed by atoms with Crippen molar-refractivity contribution in [3.8, 4) is 6.07 Å². The molecule has 25 heavy (non-hydrogen) atoms. The van der Waals surface area contributed by atoms with Crippen molar-refractivity contribution < 1.29 is 9.21 Å². The number of amides is 1. The highest BCUT2D eigenvalue weighted by Crippen LogP contribution is 2.21. The van der Waals surface area contributed by atoms with Crippen molar-refractivity contribution >= 4 is 17.0 Å². The highest BCUT2D eigenvalue weighted by molar-refractivity contribution is 6.04. The molecule has 0 saturated carbocycles. The molecule has 3 rings (SSSR count). The number of carbonyl (C=O) groups is 1. The third-order valence-corrected chi connectivity index (χ3v) is 3.82. The standard InChI is InChI=1S/C20H17N3O2/c1-3-10-23(13-16-7-4-6-15(11-16)12-21)20(24)17-8-5-9-18-19(17)22-14(2)25-18/h3-9,11H,1,10,13H2,2H3. The van der Waals surface area contributed by atoms with Crippen LogP contribution < -0.4 is 0 Å². The van der Waals surface area contributed by atoms with Crippen molar-refractivity contribution in [2.24, 2.45) is 0 Å². The highest BCUT2D eigenvalue weighted by Gasteiger charge is 2.20. The molecule has 0 aliphatic heterocycles. The molecule has 3 aromatic rings. The summed E-state index contributed by atoms with van der Waals surface area (Å²) in [4.78, 5) is 19.0. The molecule has 124 valence electrons. The Balaban J connectivity index is 1.95. The number of para-hydroxylation sites is 1. The molecule has 1 amide bonds. The average molecular weight is 331 g/mol. The number of hydrogen-bond donors (Lipinski definition) is 0. The van der Waals surface area contributed by atoms with Gasteiger partial charge in [0.1, 0.15) is 5.52 Å². The fourth-order valence-corrected chi connectivity index (χ4v) is 2.74. The van der Waals surface area contributed by atoms with Gasteiger partial charge in [0.25, 0.3) is 5.91 Å². The van der Waals surface area contributed by atoms with E-state index in [9.17, 15) is 4.79 Å². The summed E-state index contributed by atoms with van der Waals surface area (Å²) in [6, 6.07) is 14.7. The number of carbonyl (C=O) groups excluding carboxylic acids is 1. The molecule has 5 heteroatoms. The van der Waals surface area contributed by atoms with Crippen LogP contribution in [-0.2, 0) is 6.54 Å². The SMILES string of the molecule is C=CCN(Cc1cccc(C#N)c1)C(=O)c1cccc2oc(C)nc12. The number of benzene rings is 2. The van der Waals surface area contributed by atoms with Gasteiger partial charge < -0.3 is 9.32 Å². The first-order chi connectivity index (χ1) is 12.1. The Labute approximate surface area is 145 Å². The van der Waals surface area contributed by atoms with Gasteiger partial charge in [-0.2, -0.15) is 5.26 Å². The van der Waals surface area contributed by atoms with Crippen molar-refractivity contribution in [1.29, 1.82) is 5.26 Å². The number of aryl methyl sites for hydroxylation is 1. The van der Waals surface area contributed by atoms with Crippen LogP contribution in [0.1, 0.15) is 27.4 Å². The smallest absolute Gasteiger partial charge is 0.256 e. The molecule has 5 nitrogen and oxygen atoms in total. The number of hydrogen-bond acceptors (Lipinski definition) is 4. The van der Waals surface area contributed by atoms with Gasteiger partial charge in [0, 0.05) is 20.0 Å². The lowest BCUT2D eigenvalue weighted by Crippen LogP contribution is -2.31. The van der Waals surface area contributed by atoms with E-state index >= 15 is 0 Å². The van der Waals surface area contributed by atoms with Crippen LogP contribution >= 0.6 is 0 Å². The Morgan fingerprint density at radius 2 is 2.16 bits per heavy atom. The summed E-state index contributed by atoms with van der Waals surface area (Å²) in [6.07, 6.45) is 1.68. The van der Waals surface area contributed by atoms with Crippen molar-refractivity contribution in [2.45, 2.75) is 13.5 Å². The molecule has 0 radical (unpaired) electrons. The molecule has 0 unspecified atom stereocenters. The van der Waals surface area contributed by atoms with Crippen LogP contribution in [0.3, 0.4) is 0 Å². The maximum atomic E-state index is 13.0. The Morgan fingerprint density at radius 1 is 1.36 bits per heavy atom. The van der Waals surface area contributed by atoms with Gasteiger partial charge in [-0.15, -0.1) is 6.58 Å². The van der Waals surface area contributed by atoms with Crippen molar-refractivity contribution in [1.82, 2.24) is 9.88 Å². The Morgan fingerprint density at radius 3 is 2.92 bits per heavy atom. The van der Waals surface area contributed by atoms with Crippen molar-refractivity contribution in [3.63, 3.8) is 0 Å². The van der Waals surface area contributed by atoms with Gasteiger partial charge in [0.15, 0.2) is 11.5 Å². The van der Waals surface area contributed by atoms with E-state index in [0.29, 0.717) is 41.2 Å². The fraction of sp³-hybridized carbons (Fsp3) is 0.150. The number of nitrogens with zero attached hydrogens (tertiary/aromatic N) is 3. The molecule has 2 aromatic carbocycles. The van der Waals surface area contributed by atoms with Crippen LogP contribution in [0.15, 0.2) is 59.5 Å². The zero-order chi connectivity index (χ0) is 17.8. The molecule has 0 spiro atoms. The molecule has 1 heterocycles. The lowest BCUT2D eigenvalue weighted by atomic mass is 10.1. The van der Waals surface area contributed by atoms with Crippen molar-refractivity contribution in [3.05, 3.63) is 77.7 Å². The number of fused-ring (bicyclic) bond motifs is 1. The summed E-state index contributed by atoms with van der Waals surface area (Å²) in [5.74, 6) is 0.369. The summed E-state index contributed by atoms with van der Waals surface area (Å²) in [5.41, 5.74) is 3.10. The van der Waals surface area contributed by atoms with Crippen LogP contribution in [-0.4, -0.2) is 22.3 Å². The largest absolute Gasteiger partial charge is 0.441 e. The number of aromatic nitrogens is 1. The van der Waals surface area contributed by atoms with E-state index in [1.807, 2.05) is 12.1 Å². The lowest BCUT2D eigenvalue weighted by molar-refractivity contribution is 0.0764. The third-order valence-electron chi connectivity index (χ3n) is 3.82. The maximum Gasteiger partial charge on any atom is 0.256 e. The van der Waals surface area contributed by atoms with Gasteiger partial charge in [-0.25, -0.2) is 4.98 Å². The van der Waals surface area contributed by atoms with E-state index in [1.165, 1.54) is 0 Å². The number of nitriles is 1. The second-order valence-electron chi connectivity index (χ2n) is 5.67. The van der Waals surface area contributed by atoms with Gasteiger partial charge in [-0.3, -0.25) is 4.79 Å². The van der Waals surface area contributed by atoms with Gasteiger partial charge in [-0.1, -0.05) is 24.3 Å². The minimum Gasteiger partial charge on any atom is -0.441 e. The van der Waals surface area contributed by atoms with E-state index in [0.717, 1.165) is 5.56 Å². The Hall–Kier alpha value is -3.39. The molecule has 0 saturated heterocycles. The second-order valence-corrected chi connectivity index (χ2v) is 5.67. The van der Waals surface area contributed by atoms with E-state index in [4.69, 9.17) is 9.68 Å². The zero-order valence-corrected chi connectivity index (χ0v) is 13.9. The van der Waals surface area contributed by atoms with Gasteiger partial charge in [0.2, 0.25) is 0 Å². The molecule has 0 atom stereocenters. The zero-order valence-electron chi connectivity index (χ0n) is 13.9. The predicted molar refractivity (Wildman–Crippen MR) is 94.8 cm³/mol. The summed E-state index contributed by atoms with van der Waals surface area (Å²) < 4.78 is 5.51. The second kappa shape index (κ2) is 7.02. The van der Waals surface area contributed by atoms with E-state index in [-0.39, 0.29) is 5.91 Å². The minimum absolute atomic E-state index is 0.152. The molecule has 0 bridgehead atoms. The first-order valence-corrected chi connectivity index (χ1v) is 7.87. The van der Waals surface area contributed by atoms with Gasteiger partial charge in [0.05, 0.1) is 17.2 Å². The van der Waals surface area contributed by atoms with Gasteiger partial charge in [-0.05, 0) is 29.8 Å². The summed E-state index contributed by atoms with van der Waals surface area (Å²) in [5, 5.41) is 9.04. The first kappa shape index (κ1) is 16.5. The summed E-state index contributed by atoms with van der Waals surface area (Å²) in [7, 11) is 0. The molecule has 0 aliphatic rings. The Kier molecular flexibility index (Phi) is 4.62. The van der Waals surface area contributed by atoms with Crippen molar-refractivity contribution in [2.75, 3.05) is 6.54 Å². The topological polar surface area (TPSA) is 70.1 Å². The fourth-order valence-electron chi connectivity index (χ4n) is 2.74. The van der Waals surface area contributed by atoms with Gasteiger partial charge >= 0.3 is 0 Å². The normalized spacial score (nSPS) is 10.4. The average Bonchev–Trinajstić information content (AvgIpc) is 3.01.